The Balaban J connectivity index is 2.39. The molecule has 0 radical (unpaired) electrons. The summed E-state index contributed by atoms with van der Waals surface area (Å²) in [4.78, 5) is 12.6. The van der Waals surface area contributed by atoms with Crippen LogP contribution >= 0.6 is 34.8 Å². The second-order valence-corrected chi connectivity index (χ2v) is 12.7. The Bertz CT molecular complexity index is 1320. The van der Waals surface area contributed by atoms with Crippen LogP contribution in [0.2, 0.25) is 15.1 Å². The lowest BCUT2D eigenvalue weighted by Crippen LogP contribution is -2.39. The van der Waals surface area contributed by atoms with Gasteiger partial charge in [0.15, 0.2) is 9.84 Å². The molecule has 0 bridgehead atoms. The highest BCUT2D eigenvalue weighted by atomic mass is 35.5. The number of rotatable bonds is 9. The second kappa shape index (κ2) is 12.7. The van der Waals surface area contributed by atoms with Crippen molar-refractivity contribution >= 4 is 56.6 Å². The molecule has 0 fully saturated rings. The van der Waals surface area contributed by atoms with Gasteiger partial charge in [-0.25, -0.2) is 8.42 Å². The minimum atomic E-state index is -5.04. The van der Waals surface area contributed by atoms with Gasteiger partial charge in [-0.15, -0.1) is 0 Å². The van der Waals surface area contributed by atoms with Gasteiger partial charge in [0, 0.05) is 6.04 Å². The summed E-state index contributed by atoms with van der Waals surface area (Å²) in [6.45, 7) is 4.71. The van der Waals surface area contributed by atoms with Crippen molar-refractivity contribution in [2.75, 3.05) is 11.5 Å². The third-order valence-corrected chi connectivity index (χ3v) is 8.64. The van der Waals surface area contributed by atoms with Crippen LogP contribution in [0.5, 0.6) is 0 Å². The molecule has 2 unspecified atom stereocenters. The maximum absolute atomic E-state index is 13.8. The SMILES string of the molecule is CC(C)CS(=O)(=O)CC(C)NC(=O)c1ccc(/C=C/C(c2cc(Cl)c(Cl)c(Cl)c2)C(F)(F)F)cc1C(F)(F)F. The van der Waals surface area contributed by atoms with Gasteiger partial charge in [-0.1, -0.05) is 66.9 Å². The predicted molar refractivity (Wildman–Crippen MR) is 141 cm³/mol. The first-order valence-electron chi connectivity index (χ1n) is 11.3. The van der Waals surface area contributed by atoms with Crippen molar-refractivity contribution in [2.24, 2.45) is 5.92 Å². The van der Waals surface area contributed by atoms with Crippen molar-refractivity contribution in [3.63, 3.8) is 0 Å². The predicted octanol–water partition coefficient (Wildman–Crippen LogP) is 8.21. The van der Waals surface area contributed by atoms with Crippen molar-refractivity contribution < 1.29 is 39.6 Å². The molecule has 14 heteroatoms. The molecule has 0 spiro atoms. The fourth-order valence-corrected chi connectivity index (χ4v) is 6.38. The summed E-state index contributed by atoms with van der Waals surface area (Å²) in [6, 6.07) is 3.29. The molecule has 2 aromatic rings. The molecule has 0 aliphatic heterocycles. The van der Waals surface area contributed by atoms with Crippen LogP contribution in [-0.2, 0) is 16.0 Å². The maximum Gasteiger partial charge on any atom is 0.417 e. The van der Waals surface area contributed by atoms with Gasteiger partial charge in [0.2, 0.25) is 0 Å². The second-order valence-electron chi connectivity index (χ2n) is 9.32. The number of benzene rings is 2. The van der Waals surface area contributed by atoms with Crippen molar-refractivity contribution in [2.45, 2.75) is 45.1 Å². The van der Waals surface area contributed by atoms with Crippen molar-refractivity contribution in [1.82, 2.24) is 5.32 Å². The highest BCUT2D eigenvalue weighted by molar-refractivity contribution is 7.91. The molecule has 4 nitrogen and oxygen atoms in total. The van der Waals surface area contributed by atoms with Crippen molar-refractivity contribution in [3.8, 4) is 0 Å². The van der Waals surface area contributed by atoms with Crippen LogP contribution in [-0.4, -0.2) is 38.0 Å². The van der Waals surface area contributed by atoms with E-state index in [9.17, 15) is 39.6 Å². The normalized spacial score (nSPS) is 14.6. The molecule has 39 heavy (non-hydrogen) atoms. The Morgan fingerprint density at radius 3 is 2.00 bits per heavy atom. The van der Waals surface area contributed by atoms with Gasteiger partial charge in [-0.05, 0) is 48.2 Å². The Morgan fingerprint density at radius 1 is 0.949 bits per heavy atom. The van der Waals surface area contributed by atoms with Gasteiger partial charge in [-0.2, -0.15) is 26.3 Å². The van der Waals surface area contributed by atoms with E-state index in [1.54, 1.807) is 13.8 Å². The smallest absolute Gasteiger partial charge is 0.349 e. The van der Waals surface area contributed by atoms with E-state index in [0.717, 1.165) is 30.3 Å². The van der Waals surface area contributed by atoms with E-state index in [1.165, 1.54) is 6.92 Å². The lowest BCUT2D eigenvalue weighted by Gasteiger charge is -2.19. The van der Waals surface area contributed by atoms with Gasteiger partial charge < -0.3 is 5.32 Å². The molecular formula is C25H24Cl3F6NO3S. The first kappa shape index (κ1) is 33.3. The number of alkyl halides is 6. The molecule has 216 valence electrons. The number of hydrogen-bond donors (Lipinski definition) is 1. The van der Waals surface area contributed by atoms with Crippen LogP contribution in [0.4, 0.5) is 26.3 Å². The Kier molecular flexibility index (Phi) is 10.8. The van der Waals surface area contributed by atoms with Crippen LogP contribution < -0.4 is 5.32 Å². The molecule has 0 aliphatic carbocycles. The van der Waals surface area contributed by atoms with Gasteiger partial charge in [-0.3, -0.25) is 4.79 Å². The maximum atomic E-state index is 13.8. The van der Waals surface area contributed by atoms with E-state index in [4.69, 9.17) is 34.8 Å². The first-order valence-corrected chi connectivity index (χ1v) is 14.3. The summed E-state index contributed by atoms with van der Waals surface area (Å²) in [6.07, 6.45) is -8.43. The lowest BCUT2D eigenvalue weighted by molar-refractivity contribution is -0.139. The van der Waals surface area contributed by atoms with E-state index in [-0.39, 0.29) is 37.9 Å². The number of nitrogens with one attached hydrogen (secondary N) is 1. The van der Waals surface area contributed by atoms with Crippen LogP contribution in [0.15, 0.2) is 36.4 Å². The number of halogens is 9. The Morgan fingerprint density at radius 2 is 1.51 bits per heavy atom. The molecular weight excluding hydrogens is 615 g/mol. The molecule has 1 N–H and O–H groups in total. The summed E-state index contributed by atoms with van der Waals surface area (Å²) >= 11 is 17.5. The highest BCUT2D eigenvalue weighted by Gasteiger charge is 2.40. The van der Waals surface area contributed by atoms with E-state index < -0.39 is 56.9 Å². The molecule has 1 amide bonds. The van der Waals surface area contributed by atoms with Crippen LogP contribution in [0.25, 0.3) is 6.08 Å². The summed E-state index contributed by atoms with van der Waals surface area (Å²) in [5, 5.41) is 1.63. The number of carbonyl (C=O) groups is 1. The quantitative estimate of drug-likeness (QED) is 0.222. The fraction of sp³-hybridized carbons (Fsp3) is 0.400. The average molecular weight is 639 g/mol. The molecule has 0 aromatic heterocycles. The van der Waals surface area contributed by atoms with E-state index in [2.05, 4.69) is 5.32 Å². The van der Waals surface area contributed by atoms with E-state index >= 15 is 0 Å². The summed E-state index contributed by atoms with van der Waals surface area (Å²) < 4.78 is 107. The number of sulfone groups is 1. The monoisotopic (exact) mass is 637 g/mol. The van der Waals surface area contributed by atoms with Gasteiger partial charge in [0.05, 0.1) is 43.6 Å². The van der Waals surface area contributed by atoms with Crippen LogP contribution in [0, 0.1) is 5.92 Å². The molecule has 0 heterocycles. The summed E-state index contributed by atoms with van der Waals surface area (Å²) in [5.41, 5.74) is -2.87. The summed E-state index contributed by atoms with van der Waals surface area (Å²) in [7, 11) is -3.57. The fourth-order valence-electron chi connectivity index (χ4n) is 3.77. The van der Waals surface area contributed by atoms with E-state index in [1.807, 2.05) is 0 Å². The van der Waals surface area contributed by atoms with Gasteiger partial charge in [0.1, 0.15) is 0 Å². The molecule has 2 atom stereocenters. The first-order chi connectivity index (χ1) is 17.7. The zero-order valence-electron chi connectivity index (χ0n) is 20.7. The zero-order valence-corrected chi connectivity index (χ0v) is 23.8. The number of hydrogen-bond acceptors (Lipinski definition) is 3. The minimum absolute atomic E-state index is 0.150. The zero-order chi connectivity index (χ0) is 29.9. The van der Waals surface area contributed by atoms with Crippen molar-refractivity contribution in [3.05, 3.63) is 73.7 Å². The van der Waals surface area contributed by atoms with Crippen LogP contribution in [0.1, 0.15) is 53.7 Å². The largest absolute Gasteiger partial charge is 0.417 e. The number of allylic oxidation sites excluding steroid dienone is 1. The Hall–Kier alpha value is -1.95. The third kappa shape index (κ3) is 9.58. The molecule has 2 rings (SSSR count). The Labute approximate surface area is 237 Å². The molecule has 0 aliphatic rings. The standard InChI is InChI=1S/C25H24Cl3F6NO3S/c1-13(2)11-39(37,38)12-14(3)35-23(36)17-6-4-15(8-19(17)25(32,33)34)5-7-18(24(29,30)31)16-9-20(26)22(28)21(27)10-16/h4-10,13-14,18H,11-12H2,1-3H3,(H,35,36)/b7-5+. The van der Waals surface area contributed by atoms with Gasteiger partial charge in [0.25, 0.3) is 5.91 Å². The molecule has 0 saturated carbocycles. The highest BCUT2D eigenvalue weighted by Crippen LogP contribution is 2.41. The van der Waals surface area contributed by atoms with Gasteiger partial charge >= 0.3 is 12.4 Å². The topological polar surface area (TPSA) is 63.2 Å². The molecule has 0 saturated heterocycles. The summed E-state index contributed by atoms with van der Waals surface area (Å²) in [5.74, 6) is -4.27. The minimum Gasteiger partial charge on any atom is -0.349 e. The average Bonchev–Trinajstić information content (AvgIpc) is 2.74. The lowest BCUT2D eigenvalue weighted by atomic mass is 9.96. The van der Waals surface area contributed by atoms with Crippen molar-refractivity contribution in [1.29, 1.82) is 0 Å². The third-order valence-electron chi connectivity index (χ3n) is 5.26. The van der Waals surface area contributed by atoms with Crippen LogP contribution in [0.3, 0.4) is 0 Å². The number of amides is 1. The van der Waals surface area contributed by atoms with E-state index in [0.29, 0.717) is 12.1 Å². The molecule has 2 aromatic carbocycles. The number of carbonyl (C=O) groups excluding carboxylic acids is 1.